The lowest BCUT2D eigenvalue weighted by molar-refractivity contribution is 0.188. The fourth-order valence-corrected chi connectivity index (χ4v) is 3.28. The van der Waals surface area contributed by atoms with Gasteiger partial charge >= 0.3 is 0 Å². The van der Waals surface area contributed by atoms with E-state index in [-0.39, 0.29) is 0 Å². The van der Waals surface area contributed by atoms with Gasteiger partial charge in [-0.05, 0) is 36.5 Å². The van der Waals surface area contributed by atoms with Crippen LogP contribution in [0.4, 0.5) is 0 Å². The van der Waals surface area contributed by atoms with Crippen molar-refractivity contribution in [3.8, 4) is 0 Å². The van der Waals surface area contributed by atoms with Gasteiger partial charge in [0.05, 0.1) is 0 Å². The predicted molar refractivity (Wildman–Crippen MR) is 83.0 cm³/mol. The van der Waals surface area contributed by atoms with Crippen LogP contribution < -0.4 is 0 Å². The summed E-state index contributed by atoms with van der Waals surface area (Å²) in [5.74, 6) is 0. The maximum atomic E-state index is 2.53. The first-order valence-corrected chi connectivity index (χ1v) is 8.47. The van der Waals surface area contributed by atoms with Crippen molar-refractivity contribution in [2.24, 2.45) is 10.8 Å². The van der Waals surface area contributed by atoms with E-state index in [1.165, 1.54) is 77.0 Å². The zero-order valence-electron chi connectivity index (χ0n) is 13.5. The van der Waals surface area contributed by atoms with Crippen LogP contribution in [0.5, 0.6) is 0 Å². The Morgan fingerprint density at radius 1 is 0.611 bits per heavy atom. The summed E-state index contributed by atoms with van der Waals surface area (Å²) in [4.78, 5) is 0. The van der Waals surface area contributed by atoms with Crippen LogP contribution in [0.25, 0.3) is 0 Å². The van der Waals surface area contributed by atoms with Crippen molar-refractivity contribution in [3.63, 3.8) is 0 Å². The van der Waals surface area contributed by atoms with Crippen molar-refractivity contribution in [1.29, 1.82) is 0 Å². The largest absolute Gasteiger partial charge is 0.0649 e. The summed E-state index contributed by atoms with van der Waals surface area (Å²) in [5, 5.41) is 0. The molecule has 0 bridgehead atoms. The van der Waals surface area contributed by atoms with E-state index in [1.807, 2.05) is 0 Å². The first-order chi connectivity index (χ1) is 8.47. The van der Waals surface area contributed by atoms with Crippen molar-refractivity contribution in [2.45, 2.75) is 105 Å². The zero-order valence-corrected chi connectivity index (χ0v) is 13.5. The Labute approximate surface area is 116 Å². The quantitative estimate of drug-likeness (QED) is 0.485. The van der Waals surface area contributed by atoms with Gasteiger partial charge in [-0.15, -0.1) is 0 Å². The number of hydrogen-bond donors (Lipinski definition) is 0. The molecule has 0 amide bonds. The van der Waals surface area contributed by atoms with Crippen molar-refractivity contribution >= 4 is 0 Å². The maximum Gasteiger partial charge on any atom is -0.0328 e. The summed E-state index contributed by atoms with van der Waals surface area (Å²) < 4.78 is 0. The average molecular weight is 252 g/mol. The Kier molecular flexibility index (Phi) is 6.74. The van der Waals surface area contributed by atoms with E-state index in [0.717, 1.165) is 0 Å². The molecule has 1 aliphatic rings. The highest BCUT2D eigenvalue weighted by molar-refractivity contribution is 4.78. The van der Waals surface area contributed by atoms with E-state index < -0.39 is 0 Å². The highest BCUT2D eigenvalue weighted by Gasteiger charge is 2.26. The van der Waals surface area contributed by atoms with E-state index in [1.54, 1.807) is 0 Å². The van der Waals surface area contributed by atoms with Crippen LogP contribution in [0.15, 0.2) is 0 Å². The van der Waals surface area contributed by atoms with E-state index in [0.29, 0.717) is 10.8 Å². The van der Waals surface area contributed by atoms with Crippen LogP contribution in [0, 0.1) is 10.8 Å². The highest BCUT2D eigenvalue weighted by Crippen LogP contribution is 2.39. The SMILES string of the molecule is CCC1(C)CCCCCCCCCC(C)(C)CC1. The molecule has 0 saturated heterocycles. The molecule has 0 spiro atoms. The van der Waals surface area contributed by atoms with Gasteiger partial charge in [-0.3, -0.25) is 0 Å². The van der Waals surface area contributed by atoms with Gasteiger partial charge in [0.1, 0.15) is 0 Å². The smallest absolute Gasteiger partial charge is 0.0328 e. The molecule has 1 saturated carbocycles. The van der Waals surface area contributed by atoms with Crippen LogP contribution >= 0.6 is 0 Å². The molecule has 0 heterocycles. The van der Waals surface area contributed by atoms with Gasteiger partial charge in [0, 0.05) is 0 Å². The molecule has 108 valence electrons. The molecule has 18 heavy (non-hydrogen) atoms. The minimum Gasteiger partial charge on any atom is -0.0649 e. The zero-order chi connectivity index (χ0) is 13.5. The predicted octanol–water partition coefficient (Wildman–Crippen LogP) is 6.73. The van der Waals surface area contributed by atoms with E-state index >= 15 is 0 Å². The van der Waals surface area contributed by atoms with Crippen LogP contribution in [0.1, 0.15) is 105 Å². The molecule has 0 aromatic heterocycles. The van der Waals surface area contributed by atoms with Crippen molar-refractivity contribution < 1.29 is 0 Å². The molecule has 0 heteroatoms. The van der Waals surface area contributed by atoms with Gasteiger partial charge in [-0.25, -0.2) is 0 Å². The lowest BCUT2D eigenvalue weighted by atomic mass is 9.72. The molecular weight excluding hydrogens is 216 g/mol. The highest BCUT2D eigenvalue weighted by atomic mass is 14.3. The van der Waals surface area contributed by atoms with Crippen molar-refractivity contribution in [1.82, 2.24) is 0 Å². The Morgan fingerprint density at radius 3 is 1.67 bits per heavy atom. The second-order valence-electron chi connectivity index (χ2n) is 7.80. The van der Waals surface area contributed by atoms with Gasteiger partial charge in [0.25, 0.3) is 0 Å². The van der Waals surface area contributed by atoms with Gasteiger partial charge < -0.3 is 0 Å². The Bertz CT molecular complexity index is 216. The summed E-state index contributed by atoms with van der Waals surface area (Å²) in [6.07, 6.45) is 17.4. The fraction of sp³-hybridized carbons (Fsp3) is 1.00. The topological polar surface area (TPSA) is 0 Å². The van der Waals surface area contributed by atoms with E-state index in [2.05, 4.69) is 27.7 Å². The van der Waals surface area contributed by atoms with Crippen molar-refractivity contribution in [3.05, 3.63) is 0 Å². The third-order valence-electron chi connectivity index (χ3n) is 5.39. The van der Waals surface area contributed by atoms with Gasteiger partial charge in [0.2, 0.25) is 0 Å². The Balaban J connectivity index is 2.54. The third-order valence-corrected chi connectivity index (χ3v) is 5.39. The molecule has 1 rings (SSSR count). The fourth-order valence-electron chi connectivity index (χ4n) is 3.28. The standard InChI is InChI=1S/C18H36/c1-5-18(4)14-12-10-8-6-7-9-11-13-17(2,3)15-16-18/h5-16H2,1-4H3. The van der Waals surface area contributed by atoms with Crippen molar-refractivity contribution in [2.75, 3.05) is 0 Å². The molecule has 0 aliphatic heterocycles. The van der Waals surface area contributed by atoms with Gasteiger partial charge in [-0.2, -0.15) is 0 Å². The van der Waals surface area contributed by atoms with E-state index in [9.17, 15) is 0 Å². The molecule has 1 unspecified atom stereocenters. The van der Waals surface area contributed by atoms with E-state index in [4.69, 9.17) is 0 Å². The monoisotopic (exact) mass is 252 g/mol. The molecule has 1 aliphatic carbocycles. The lowest BCUT2D eigenvalue weighted by Gasteiger charge is -2.33. The molecule has 1 fully saturated rings. The normalized spacial score (nSPS) is 32.0. The summed E-state index contributed by atoms with van der Waals surface area (Å²) in [6, 6.07) is 0. The average Bonchev–Trinajstić information content (AvgIpc) is 2.35. The maximum absolute atomic E-state index is 2.53. The first kappa shape index (κ1) is 16.1. The van der Waals surface area contributed by atoms with Gasteiger partial charge in [0.15, 0.2) is 0 Å². The molecule has 0 nitrogen and oxygen atoms in total. The summed E-state index contributed by atoms with van der Waals surface area (Å²) >= 11 is 0. The van der Waals surface area contributed by atoms with Crippen LogP contribution in [-0.4, -0.2) is 0 Å². The minimum atomic E-state index is 0.574. The summed E-state index contributed by atoms with van der Waals surface area (Å²) in [5.41, 5.74) is 1.19. The van der Waals surface area contributed by atoms with Crippen LogP contribution in [0.2, 0.25) is 0 Å². The van der Waals surface area contributed by atoms with Crippen LogP contribution in [-0.2, 0) is 0 Å². The molecule has 0 radical (unpaired) electrons. The van der Waals surface area contributed by atoms with Gasteiger partial charge in [-0.1, -0.05) is 79.1 Å². The minimum absolute atomic E-state index is 0.574. The third kappa shape index (κ3) is 6.25. The second kappa shape index (κ2) is 7.56. The molecule has 0 aromatic carbocycles. The molecule has 0 N–H and O–H groups in total. The number of rotatable bonds is 1. The molecular formula is C18H36. The molecule has 1 atom stereocenters. The lowest BCUT2D eigenvalue weighted by Crippen LogP contribution is -2.20. The first-order valence-electron chi connectivity index (χ1n) is 8.47. The molecule has 0 aromatic rings. The number of hydrogen-bond acceptors (Lipinski definition) is 0. The Hall–Kier alpha value is 0. The van der Waals surface area contributed by atoms with Crippen LogP contribution in [0.3, 0.4) is 0 Å². The summed E-state index contributed by atoms with van der Waals surface area (Å²) in [7, 11) is 0. The Morgan fingerprint density at radius 2 is 1.11 bits per heavy atom. The summed E-state index contributed by atoms with van der Waals surface area (Å²) in [6.45, 7) is 9.90. The second-order valence-corrected chi connectivity index (χ2v) is 7.80.